The lowest BCUT2D eigenvalue weighted by Crippen LogP contribution is -2.29. The van der Waals surface area contributed by atoms with Gasteiger partial charge in [0.2, 0.25) is 0 Å². The molecule has 2 rings (SSSR count). The van der Waals surface area contributed by atoms with E-state index in [0.717, 1.165) is 36.6 Å². The van der Waals surface area contributed by atoms with Crippen molar-refractivity contribution in [3.8, 4) is 5.97 Å². The molecule has 0 amide bonds. The van der Waals surface area contributed by atoms with Gasteiger partial charge in [-0.3, -0.25) is 5.14 Å². The van der Waals surface area contributed by atoms with Gasteiger partial charge in [-0.1, -0.05) is 32.7 Å². The Labute approximate surface area is 139 Å². The van der Waals surface area contributed by atoms with Crippen LogP contribution in [0.25, 0.3) is 0 Å². The maximum Gasteiger partial charge on any atom is 0.273 e. The molecule has 0 aromatic rings. The highest BCUT2D eigenvalue weighted by Gasteiger charge is 2.43. The van der Waals surface area contributed by atoms with Crippen molar-refractivity contribution < 1.29 is 0 Å². The Bertz CT molecular complexity index is 495. The number of aliphatic imine (C=N–C) groups is 1. The van der Waals surface area contributed by atoms with E-state index in [2.05, 4.69) is 42.8 Å². The van der Waals surface area contributed by atoms with Crippen LogP contribution < -0.4 is 5.14 Å². The molecule has 0 spiro atoms. The first kappa shape index (κ1) is 17.4. The largest absolute Gasteiger partial charge is 0.363 e. The fourth-order valence-electron chi connectivity index (χ4n) is 3.72. The third-order valence-corrected chi connectivity index (χ3v) is 5.58. The van der Waals surface area contributed by atoms with Gasteiger partial charge >= 0.3 is 0 Å². The average molecular weight is 318 g/mol. The van der Waals surface area contributed by atoms with Crippen molar-refractivity contribution in [3.05, 3.63) is 11.1 Å². The maximum atomic E-state index is 9.26. The molecule has 22 heavy (non-hydrogen) atoms. The van der Waals surface area contributed by atoms with Crippen LogP contribution in [-0.4, -0.2) is 31.0 Å². The standard InChI is InChI=1S/C16H27BN4S/c1-16(2)10-13(11-17(16)12-18)6-5-9-21(3)14-7-4-8-15(20-14)22-19/h8,13H,4-7,9-11,19H2,1-3H3. The van der Waals surface area contributed by atoms with Crippen LogP contribution >= 0.6 is 11.9 Å². The molecular formula is C16H27BN4S. The van der Waals surface area contributed by atoms with Gasteiger partial charge in [0.05, 0.1) is 0 Å². The Hall–Kier alpha value is -0.925. The number of nitrogens with zero attached hydrogens (tertiary/aromatic N) is 3. The molecule has 2 heterocycles. The third-order valence-electron chi connectivity index (χ3n) is 5.08. The summed E-state index contributed by atoms with van der Waals surface area (Å²) in [6.07, 6.45) is 8.79. The Morgan fingerprint density at radius 2 is 2.36 bits per heavy atom. The Balaban J connectivity index is 1.77. The third kappa shape index (κ3) is 4.30. The van der Waals surface area contributed by atoms with Gasteiger partial charge in [-0.2, -0.15) is 0 Å². The van der Waals surface area contributed by atoms with Crippen molar-refractivity contribution in [1.82, 2.24) is 4.90 Å². The molecule has 0 aromatic heterocycles. The fraction of sp³-hybridized carbons (Fsp3) is 0.750. The van der Waals surface area contributed by atoms with E-state index in [0.29, 0.717) is 5.92 Å². The van der Waals surface area contributed by atoms with Crippen molar-refractivity contribution >= 4 is 24.5 Å². The normalized spacial score (nSPS) is 23.8. The molecule has 0 radical (unpaired) electrons. The number of nitrogens with two attached hydrogens (primary N) is 1. The maximum absolute atomic E-state index is 9.26. The number of amidine groups is 1. The lowest BCUT2D eigenvalue weighted by atomic mass is 9.37. The summed E-state index contributed by atoms with van der Waals surface area (Å²) in [7, 11) is 2.12. The van der Waals surface area contributed by atoms with Gasteiger partial charge in [-0.05, 0) is 42.4 Å². The van der Waals surface area contributed by atoms with E-state index in [9.17, 15) is 5.26 Å². The second-order valence-corrected chi connectivity index (χ2v) is 7.92. The molecule has 1 unspecified atom stereocenters. The van der Waals surface area contributed by atoms with Crippen LogP contribution in [0.1, 0.15) is 46.0 Å². The number of nitriles is 1. The van der Waals surface area contributed by atoms with Crippen LogP contribution in [0.2, 0.25) is 11.6 Å². The van der Waals surface area contributed by atoms with Crippen molar-refractivity contribution in [3.63, 3.8) is 0 Å². The molecule has 1 fully saturated rings. The summed E-state index contributed by atoms with van der Waals surface area (Å²) < 4.78 is 0. The Morgan fingerprint density at radius 3 is 3.00 bits per heavy atom. The monoisotopic (exact) mass is 318 g/mol. The molecule has 1 saturated heterocycles. The average Bonchev–Trinajstić information content (AvgIpc) is 2.81. The summed E-state index contributed by atoms with van der Waals surface area (Å²) in [5.74, 6) is 4.35. The molecule has 0 saturated carbocycles. The first-order valence-corrected chi connectivity index (χ1v) is 9.09. The second-order valence-electron chi connectivity index (χ2n) is 7.27. The van der Waals surface area contributed by atoms with Crippen molar-refractivity contribution in [1.29, 1.82) is 5.26 Å². The van der Waals surface area contributed by atoms with Crippen LogP contribution in [0.3, 0.4) is 0 Å². The number of hydrogen-bond donors (Lipinski definition) is 1. The zero-order valence-corrected chi connectivity index (χ0v) is 14.8. The smallest absolute Gasteiger partial charge is 0.273 e. The van der Waals surface area contributed by atoms with Gasteiger partial charge in [-0.25, -0.2) is 10.3 Å². The minimum Gasteiger partial charge on any atom is -0.363 e. The van der Waals surface area contributed by atoms with E-state index >= 15 is 0 Å². The van der Waals surface area contributed by atoms with E-state index in [1.165, 1.54) is 31.2 Å². The molecule has 120 valence electrons. The molecule has 1 atom stereocenters. The van der Waals surface area contributed by atoms with Crippen LogP contribution in [0, 0.1) is 17.1 Å². The fourth-order valence-corrected chi connectivity index (χ4v) is 4.09. The summed E-state index contributed by atoms with van der Waals surface area (Å²) in [6.45, 7) is 5.74. The summed E-state index contributed by atoms with van der Waals surface area (Å²) in [5, 5.41) is 16.0. The van der Waals surface area contributed by atoms with Crippen molar-refractivity contribution in [2.75, 3.05) is 13.6 Å². The first-order chi connectivity index (χ1) is 10.5. The second kappa shape index (κ2) is 7.56. The summed E-state index contributed by atoms with van der Waals surface area (Å²) >= 11 is 1.23. The summed E-state index contributed by atoms with van der Waals surface area (Å²) in [4.78, 5) is 6.87. The SMILES string of the molecule is CN(CCCC1CB(C#N)C(C)(C)C1)C1=NC(SN)=CCC1. The number of rotatable bonds is 5. The van der Waals surface area contributed by atoms with E-state index in [1.54, 1.807) is 0 Å². The van der Waals surface area contributed by atoms with Gasteiger partial charge in [0.1, 0.15) is 10.9 Å². The van der Waals surface area contributed by atoms with E-state index in [1.807, 2.05) is 0 Å². The highest BCUT2D eigenvalue weighted by atomic mass is 32.2. The summed E-state index contributed by atoms with van der Waals surface area (Å²) in [5.41, 5.74) is 0. The minimum absolute atomic E-state index is 0.191. The lowest BCUT2D eigenvalue weighted by molar-refractivity contribution is 0.405. The number of allylic oxidation sites excluding steroid dienone is 1. The molecule has 4 nitrogen and oxygen atoms in total. The molecule has 0 aromatic carbocycles. The molecule has 6 heteroatoms. The predicted octanol–water partition coefficient (Wildman–Crippen LogP) is 3.70. The van der Waals surface area contributed by atoms with Gasteiger partial charge in [0.25, 0.3) is 6.71 Å². The minimum atomic E-state index is 0.191. The summed E-state index contributed by atoms with van der Waals surface area (Å²) in [6, 6.07) is 0. The highest BCUT2D eigenvalue weighted by molar-refractivity contribution is 8.00. The van der Waals surface area contributed by atoms with E-state index < -0.39 is 0 Å². The van der Waals surface area contributed by atoms with Crippen LogP contribution in [-0.2, 0) is 0 Å². The van der Waals surface area contributed by atoms with Gasteiger partial charge in [0.15, 0.2) is 0 Å². The predicted molar refractivity (Wildman–Crippen MR) is 96.7 cm³/mol. The lowest BCUT2D eigenvalue weighted by Gasteiger charge is -2.24. The Kier molecular flexibility index (Phi) is 5.99. The highest BCUT2D eigenvalue weighted by Crippen LogP contribution is 2.48. The zero-order valence-electron chi connectivity index (χ0n) is 14.0. The molecule has 0 bridgehead atoms. The van der Waals surface area contributed by atoms with Gasteiger partial charge in [-0.15, -0.1) is 0 Å². The van der Waals surface area contributed by atoms with Crippen LogP contribution in [0.15, 0.2) is 16.1 Å². The van der Waals surface area contributed by atoms with Crippen LogP contribution in [0.5, 0.6) is 0 Å². The molecule has 0 aliphatic carbocycles. The van der Waals surface area contributed by atoms with Crippen molar-refractivity contribution in [2.45, 2.75) is 57.6 Å². The van der Waals surface area contributed by atoms with Crippen LogP contribution in [0.4, 0.5) is 0 Å². The number of hydrogen-bond acceptors (Lipinski definition) is 5. The quantitative estimate of drug-likeness (QED) is 0.620. The Morgan fingerprint density at radius 1 is 1.59 bits per heavy atom. The molecule has 2 aliphatic rings. The molecule has 2 N–H and O–H groups in total. The van der Waals surface area contributed by atoms with E-state index in [4.69, 9.17) is 5.14 Å². The zero-order chi connectivity index (χ0) is 16.2. The molecule has 2 aliphatic heterocycles. The van der Waals surface area contributed by atoms with Crippen molar-refractivity contribution in [2.24, 2.45) is 16.0 Å². The molecular weight excluding hydrogens is 291 g/mol. The van der Waals surface area contributed by atoms with Gasteiger partial charge in [0, 0.05) is 26.0 Å². The van der Waals surface area contributed by atoms with Gasteiger partial charge < -0.3 is 4.90 Å². The topological polar surface area (TPSA) is 65.4 Å². The van der Waals surface area contributed by atoms with E-state index in [-0.39, 0.29) is 12.0 Å². The first-order valence-electron chi connectivity index (χ1n) is 8.21.